The van der Waals surface area contributed by atoms with Crippen LogP contribution in [0.4, 0.5) is 11.4 Å². The second-order valence-corrected chi connectivity index (χ2v) is 7.98. The van der Waals surface area contributed by atoms with Crippen LogP contribution in [0.3, 0.4) is 0 Å². The smallest absolute Gasteiger partial charge is 0.338 e. The number of carbonyl (C=O) groups is 2. The summed E-state index contributed by atoms with van der Waals surface area (Å²) in [7, 11) is 0. The maximum absolute atomic E-state index is 12.7. The zero-order chi connectivity index (χ0) is 24.4. The number of hydrogen-bond acceptors (Lipinski definition) is 6. The number of anilines is 1. The second kappa shape index (κ2) is 9.14. The fraction of sp³-hybridized carbons (Fsp3) is 0.160. The monoisotopic (exact) mass is 458 g/mol. The maximum Gasteiger partial charge on any atom is 0.338 e. The van der Waals surface area contributed by atoms with Gasteiger partial charge in [-0.05, 0) is 44.5 Å². The number of nitrogens with zero attached hydrogens (tertiary/aromatic N) is 2. The summed E-state index contributed by atoms with van der Waals surface area (Å²) in [5.74, 6) is -0.589. The van der Waals surface area contributed by atoms with Gasteiger partial charge in [-0.1, -0.05) is 35.9 Å². The van der Waals surface area contributed by atoms with Crippen molar-refractivity contribution in [2.45, 2.75) is 26.9 Å². The first-order chi connectivity index (χ1) is 16.2. The number of nitrogens with one attached hydrogen (secondary N) is 2. The molecule has 0 spiro atoms. The van der Waals surface area contributed by atoms with Crippen molar-refractivity contribution in [3.63, 3.8) is 0 Å². The number of benzene rings is 3. The van der Waals surface area contributed by atoms with Crippen molar-refractivity contribution in [1.29, 1.82) is 0 Å². The highest BCUT2D eigenvalue weighted by molar-refractivity contribution is 5.99. The highest BCUT2D eigenvalue weighted by Crippen LogP contribution is 2.24. The summed E-state index contributed by atoms with van der Waals surface area (Å²) in [4.78, 5) is 43.4. The molecule has 4 rings (SSSR count). The van der Waals surface area contributed by atoms with Crippen molar-refractivity contribution < 1.29 is 19.2 Å². The van der Waals surface area contributed by atoms with E-state index in [1.54, 1.807) is 25.1 Å². The molecule has 1 amide bonds. The summed E-state index contributed by atoms with van der Waals surface area (Å²) in [6.45, 7) is 5.15. The van der Waals surface area contributed by atoms with Gasteiger partial charge in [0, 0.05) is 17.7 Å². The molecule has 0 saturated heterocycles. The van der Waals surface area contributed by atoms with Crippen molar-refractivity contribution in [1.82, 2.24) is 9.97 Å². The first kappa shape index (κ1) is 22.7. The van der Waals surface area contributed by atoms with E-state index in [0.29, 0.717) is 22.4 Å². The quantitative estimate of drug-likeness (QED) is 0.239. The molecule has 4 aromatic rings. The maximum atomic E-state index is 12.7. The minimum absolute atomic E-state index is 0.150. The Hall–Kier alpha value is -4.53. The Morgan fingerprint density at radius 1 is 1.06 bits per heavy atom. The van der Waals surface area contributed by atoms with Gasteiger partial charge < -0.3 is 15.0 Å². The number of non-ortho nitro benzene ring substituents is 1. The molecular formula is C25H22N4O5. The van der Waals surface area contributed by atoms with Gasteiger partial charge >= 0.3 is 5.97 Å². The normalized spacial score (nSPS) is 11.7. The van der Waals surface area contributed by atoms with Gasteiger partial charge in [0.15, 0.2) is 6.10 Å². The number of aryl methyl sites for hydroxylation is 2. The molecule has 1 heterocycles. The van der Waals surface area contributed by atoms with Crippen LogP contribution in [0.5, 0.6) is 0 Å². The van der Waals surface area contributed by atoms with Crippen LogP contribution in [-0.2, 0) is 9.53 Å². The Morgan fingerprint density at radius 3 is 2.50 bits per heavy atom. The molecule has 0 radical (unpaired) electrons. The van der Waals surface area contributed by atoms with Crippen LogP contribution in [0.15, 0.2) is 60.7 Å². The van der Waals surface area contributed by atoms with Gasteiger partial charge in [-0.15, -0.1) is 0 Å². The number of aromatic nitrogens is 2. The number of H-pyrrole nitrogens is 1. The molecule has 1 atom stereocenters. The third kappa shape index (κ3) is 4.78. The van der Waals surface area contributed by atoms with Gasteiger partial charge in [-0.25, -0.2) is 9.78 Å². The molecule has 3 aromatic carbocycles. The van der Waals surface area contributed by atoms with E-state index in [-0.39, 0.29) is 16.9 Å². The lowest BCUT2D eigenvalue weighted by atomic mass is 10.1. The van der Waals surface area contributed by atoms with E-state index in [1.807, 2.05) is 31.2 Å². The number of nitro groups is 1. The fourth-order valence-corrected chi connectivity index (χ4v) is 3.36. The largest absolute Gasteiger partial charge is 0.449 e. The van der Waals surface area contributed by atoms with Crippen LogP contribution >= 0.6 is 0 Å². The van der Waals surface area contributed by atoms with E-state index in [1.165, 1.54) is 25.1 Å². The molecule has 0 saturated carbocycles. The molecule has 1 unspecified atom stereocenters. The van der Waals surface area contributed by atoms with Crippen molar-refractivity contribution in [2.24, 2.45) is 0 Å². The predicted molar refractivity (Wildman–Crippen MR) is 128 cm³/mol. The number of carbonyl (C=O) groups excluding carboxylic acids is 2. The third-order valence-electron chi connectivity index (χ3n) is 5.39. The number of ether oxygens (including phenoxy) is 1. The zero-order valence-corrected chi connectivity index (χ0v) is 18.8. The van der Waals surface area contributed by atoms with Crippen molar-refractivity contribution in [3.8, 4) is 11.4 Å². The Morgan fingerprint density at radius 2 is 1.79 bits per heavy atom. The number of amides is 1. The van der Waals surface area contributed by atoms with E-state index in [0.717, 1.165) is 11.1 Å². The van der Waals surface area contributed by atoms with E-state index in [4.69, 9.17) is 4.74 Å². The average Bonchev–Trinajstić information content (AvgIpc) is 3.24. The van der Waals surface area contributed by atoms with E-state index < -0.39 is 22.9 Å². The number of hydrogen-bond donors (Lipinski definition) is 2. The summed E-state index contributed by atoms with van der Waals surface area (Å²) < 4.78 is 5.32. The van der Waals surface area contributed by atoms with Crippen LogP contribution in [0, 0.1) is 24.0 Å². The Balaban J connectivity index is 1.47. The number of nitro benzene ring substituents is 1. The number of imidazole rings is 1. The summed E-state index contributed by atoms with van der Waals surface area (Å²) in [6, 6.07) is 17.0. The second-order valence-electron chi connectivity index (χ2n) is 7.98. The third-order valence-corrected chi connectivity index (χ3v) is 5.39. The first-order valence-electron chi connectivity index (χ1n) is 10.5. The summed E-state index contributed by atoms with van der Waals surface area (Å²) in [5, 5.41) is 13.6. The molecule has 0 aliphatic carbocycles. The van der Waals surface area contributed by atoms with E-state index in [9.17, 15) is 19.7 Å². The minimum Gasteiger partial charge on any atom is -0.449 e. The molecule has 0 fully saturated rings. The van der Waals surface area contributed by atoms with Gasteiger partial charge in [-0.2, -0.15) is 0 Å². The van der Waals surface area contributed by atoms with E-state index >= 15 is 0 Å². The van der Waals surface area contributed by atoms with Crippen molar-refractivity contribution in [2.75, 3.05) is 5.32 Å². The van der Waals surface area contributed by atoms with Gasteiger partial charge in [0.25, 0.3) is 11.6 Å². The van der Waals surface area contributed by atoms with E-state index in [2.05, 4.69) is 15.3 Å². The Labute approximate surface area is 194 Å². The van der Waals surface area contributed by atoms with Crippen LogP contribution in [0.2, 0.25) is 0 Å². The van der Waals surface area contributed by atoms with Gasteiger partial charge in [0.05, 0.1) is 27.2 Å². The van der Waals surface area contributed by atoms with Gasteiger partial charge in [0.2, 0.25) is 0 Å². The Bertz CT molecular complexity index is 1410. The molecule has 2 N–H and O–H groups in total. The number of esters is 1. The van der Waals surface area contributed by atoms with Crippen molar-refractivity contribution in [3.05, 3.63) is 87.5 Å². The number of aromatic amines is 1. The van der Waals surface area contributed by atoms with Crippen LogP contribution in [0.25, 0.3) is 22.4 Å². The van der Waals surface area contributed by atoms with Crippen molar-refractivity contribution >= 4 is 34.3 Å². The molecule has 34 heavy (non-hydrogen) atoms. The van der Waals surface area contributed by atoms with Crippen LogP contribution < -0.4 is 5.32 Å². The number of rotatable bonds is 6. The average molecular weight is 458 g/mol. The minimum atomic E-state index is -1.12. The highest BCUT2D eigenvalue weighted by Gasteiger charge is 2.21. The summed E-state index contributed by atoms with van der Waals surface area (Å²) in [5.41, 5.74) is 4.46. The van der Waals surface area contributed by atoms with Crippen LogP contribution in [0.1, 0.15) is 28.4 Å². The molecular weight excluding hydrogens is 436 g/mol. The highest BCUT2D eigenvalue weighted by atomic mass is 16.6. The SMILES string of the molecule is Cc1ccc(-c2nc3ccc(C(=O)OC(C)C(=O)Nc4cc([N+](=O)[O-])ccc4C)cc3[nH]2)cc1. The lowest BCUT2D eigenvalue weighted by Crippen LogP contribution is -2.30. The lowest BCUT2D eigenvalue weighted by molar-refractivity contribution is -0.384. The predicted octanol–water partition coefficient (Wildman–Crippen LogP) is 4.94. The lowest BCUT2D eigenvalue weighted by Gasteiger charge is -2.14. The zero-order valence-electron chi connectivity index (χ0n) is 18.8. The molecule has 0 aliphatic heterocycles. The van der Waals surface area contributed by atoms with Gasteiger partial charge in [0.1, 0.15) is 5.82 Å². The Kier molecular flexibility index (Phi) is 6.09. The molecule has 1 aromatic heterocycles. The molecule has 0 aliphatic rings. The molecule has 172 valence electrons. The topological polar surface area (TPSA) is 127 Å². The first-order valence-corrected chi connectivity index (χ1v) is 10.5. The fourth-order valence-electron chi connectivity index (χ4n) is 3.36. The number of fused-ring (bicyclic) bond motifs is 1. The van der Waals surface area contributed by atoms with Gasteiger partial charge in [-0.3, -0.25) is 14.9 Å². The molecule has 0 bridgehead atoms. The summed E-state index contributed by atoms with van der Waals surface area (Å²) >= 11 is 0. The molecule has 9 nitrogen and oxygen atoms in total. The van der Waals surface area contributed by atoms with Crippen LogP contribution in [-0.4, -0.2) is 32.9 Å². The molecule has 9 heteroatoms. The standard InChI is InChI=1S/C25H22N4O5/c1-14-4-7-17(8-5-14)23-26-20-11-9-18(12-22(20)27-23)25(31)34-16(3)24(30)28-21-13-19(29(32)33)10-6-15(21)2/h4-13,16H,1-3H3,(H,26,27)(H,28,30). The summed E-state index contributed by atoms with van der Waals surface area (Å²) in [6.07, 6.45) is -1.12.